The average molecular weight is 506 g/mol. The third-order valence-electron chi connectivity index (χ3n) is 5.56. The molecule has 0 amide bonds. The van der Waals surface area contributed by atoms with Crippen molar-refractivity contribution in [3.05, 3.63) is 65.2 Å². The van der Waals surface area contributed by atoms with Gasteiger partial charge in [0, 0.05) is 18.2 Å². The molecular weight excluding hydrogens is 474 g/mol. The number of carbonyl (C=O) groups excluding carboxylic acids is 1. The molecule has 3 aromatic rings. The van der Waals surface area contributed by atoms with Gasteiger partial charge < -0.3 is 28.4 Å². The summed E-state index contributed by atoms with van der Waals surface area (Å²) in [5, 5.41) is 0. The van der Waals surface area contributed by atoms with E-state index in [1.54, 1.807) is 73.1 Å². The van der Waals surface area contributed by atoms with E-state index in [0.717, 1.165) is 11.1 Å². The Balaban J connectivity index is 1.88. The van der Waals surface area contributed by atoms with Crippen LogP contribution in [0.4, 0.5) is 5.69 Å². The van der Waals surface area contributed by atoms with Crippen LogP contribution in [0.25, 0.3) is 12.2 Å². The normalized spacial score (nSPS) is 11.0. The molecule has 0 saturated heterocycles. The summed E-state index contributed by atoms with van der Waals surface area (Å²) in [5.41, 5.74) is 2.78. The van der Waals surface area contributed by atoms with Crippen molar-refractivity contribution < 1.29 is 33.2 Å². The lowest BCUT2D eigenvalue weighted by atomic mass is 10.1. The van der Waals surface area contributed by atoms with Crippen LogP contribution in [-0.2, 0) is 0 Å². The topological polar surface area (TPSA) is 84.8 Å². The molecule has 0 radical (unpaired) electrons. The minimum atomic E-state index is -0.0595. The molecule has 0 spiro atoms. The highest BCUT2D eigenvalue weighted by atomic mass is 16.5. The third kappa shape index (κ3) is 6.61. The van der Waals surface area contributed by atoms with Crippen molar-refractivity contribution in [2.75, 3.05) is 42.7 Å². The van der Waals surface area contributed by atoms with Crippen molar-refractivity contribution >= 4 is 29.8 Å². The molecule has 0 aliphatic rings. The highest BCUT2D eigenvalue weighted by molar-refractivity contribution is 6.04. The van der Waals surface area contributed by atoms with Gasteiger partial charge in [0.1, 0.15) is 11.4 Å². The van der Waals surface area contributed by atoms with Crippen LogP contribution in [0.5, 0.6) is 34.5 Å². The van der Waals surface area contributed by atoms with Gasteiger partial charge in [-0.3, -0.25) is 9.79 Å². The molecule has 0 N–H and O–H groups in total. The molecule has 0 atom stereocenters. The van der Waals surface area contributed by atoms with E-state index in [9.17, 15) is 4.79 Å². The second kappa shape index (κ2) is 13.0. The second-order valence-corrected chi connectivity index (χ2v) is 7.74. The number of Topliss-reactive ketones (excluding diaryl/α,β-unsaturated/α-hetero) is 1. The van der Waals surface area contributed by atoms with Gasteiger partial charge in [-0.25, -0.2) is 0 Å². The molecule has 0 aliphatic heterocycles. The number of rotatable bonds is 12. The molecule has 0 fully saturated rings. The lowest BCUT2D eigenvalue weighted by Crippen LogP contribution is -1.99. The maximum atomic E-state index is 12.6. The fourth-order valence-corrected chi connectivity index (χ4v) is 3.67. The van der Waals surface area contributed by atoms with Gasteiger partial charge >= 0.3 is 0 Å². The Bertz CT molecular complexity index is 1260. The van der Waals surface area contributed by atoms with Crippen LogP contribution < -0.4 is 28.4 Å². The van der Waals surface area contributed by atoms with E-state index < -0.39 is 0 Å². The lowest BCUT2D eigenvalue weighted by Gasteiger charge is -2.13. The van der Waals surface area contributed by atoms with Crippen LogP contribution >= 0.6 is 0 Å². The zero-order valence-corrected chi connectivity index (χ0v) is 21.9. The Morgan fingerprint density at radius 3 is 1.68 bits per heavy atom. The summed E-state index contributed by atoms with van der Waals surface area (Å²) in [6.45, 7) is 0. The highest BCUT2D eigenvalue weighted by Crippen LogP contribution is 2.40. The largest absolute Gasteiger partial charge is 0.497 e. The number of benzene rings is 3. The van der Waals surface area contributed by atoms with Gasteiger partial charge in [-0.15, -0.1) is 0 Å². The molecule has 37 heavy (non-hydrogen) atoms. The zero-order valence-electron chi connectivity index (χ0n) is 21.9. The fourth-order valence-electron chi connectivity index (χ4n) is 3.67. The van der Waals surface area contributed by atoms with E-state index >= 15 is 0 Å². The van der Waals surface area contributed by atoms with Gasteiger partial charge in [-0.05, 0) is 59.7 Å². The second-order valence-electron chi connectivity index (χ2n) is 7.74. The maximum absolute atomic E-state index is 12.6. The number of aliphatic imine (C=N–C) groups is 1. The lowest BCUT2D eigenvalue weighted by molar-refractivity contribution is 0.100. The summed E-state index contributed by atoms with van der Waals surface area (Å²) < 4.78 is 32.5. The highest BCUT2D eigenvalue weighted by Gasteiger charge is 2.14. The van der Waals surface area contributed by atoms with Crippen molar-refractivity contribution in [3.63, 3.8) is 0 Å². The Labute approximate surface area is 217 Å². The number of hydrogen-bond acceptors (Lipinski definition) is 8. The summed E-state index contributed by atoms with van der Waals surface area (Å²) >= 11 is 0. The first-order valence-corrected chi connectivity index (χ1v) is 11.4. The summed E-state index contributed by atoms with van der Waals surface area (Å²) in [6.07, 6.45) is 5.51. The first kappa shape index (κ1) is 27.1. The molecule has 0 heterocycles. The molecule has 0 bridgehead atoms. The Kier molecular flexibility index (Phi) is 9.55. The number of ether oxygens (including phenoxy) is 6. The molecule has 0 unspecified atom stereocenters. The zero-order chi connectivity index (χ0) is 26.8. The summed E-state index contributed by atoms with van der Waals surface area (Å²) in [6, 6.07) is 14.4. The van der Waals surface area contributed by atoms with Gasteiger partial charge in [-0.2, -0.15) is 0 Å². The van der Waals surface area contributed by atoms with E-state index in [1.165, 1.54) is 0 Å². The number of hydrogen-bond donors (Lipinski definition) is 0. The van der Waals surface area contributed by atoms with Gasteiger partial charge in [0.25, 0.3) is 0 Å². The molecule has 3 aromatic carbocycles. The van der Waals surface area contributed by atoms with Gasteiger partial charge in [0.2, 0.25) is 5.75 Å². The number of nitrogens with zero attached hydrogens (tertiary/aromatic N) is 1. The van der Waals surface area contributed by atoms with Gasteiger partial charge in [-0.1, -0.05) is 12.2 Å². The Morgan fingerprint density at radius 1 is 0.676 bits per heavy atom. The van der Waals surface area contributed by atoms with E-state index in [0.29, 0.717) is 45.7 Å². The molecule has 0 aromatic heterocycles. The van der Waals surface area contributed by atoms with Crippen LogP contribution in [0.15, 0.2) is 53.5 Å². The predicted octanol–water partition coefficient (Wildman–Crippen LogP) is 5.88. The molecule has 0 saturated carbocycles. The average Bonchev–Trinajstić information content (AvgIpc) is 2.94. The minimum absolute atomic E-state index is 0.0595. The van der Waals surface area contributed by atoms with E-state index in [1.807, 2.05) is 36.4 Å². The Morgan fingerprint density at radius 2 is 1.19 bits per heavy atom. The van der Waals surface area contributed by atoms with Crippen LogP contribution in [0.3, 0.4) is 0 Å². The standard InChI is InChI=1S/C29H31NO7/c1-32-22-11-9-21(10-12-22)24(31)13-14-30-23-15-19(16-25(33-2)28(23)36-5)7-8-20-17-26(34-3)29(37-6)27(18-20)35-4/h7-12,14-18H,13H2,1-6H3/b8-7-,30-14?. The monoisotopic (exact) mass is 505 g/mol. The number of ketones is 1. The molecule has 0 aliphatic carbocycles. The van der Waals surface area contributed by atoms with E-state index in [2.05, 4.69) is 4.99 Å². The van der Waals surface area contributed by atoms with Crippen molar-refractivity contribution in [1.82, 2.24) is 0 Å². The SMILES string of the molecule is COc1ccc(C(=O)CC=Nc2cc(/C=C\c3cc(OC)c(OC)c(OC)c3)cc(OC)c2OC)cc1. The molecule has 194 valence electrons. The van der Waals surface area contributed by atoms with Crippen molar-refractivity contribution in [2.24, 2.45) is 4.99 Å². The van der Waals surface area contributed by atoms with Crippen LogP contribution in [0, 0.1) is 0 Å². The predicted molar refractivity (Wildman–Crippen MR) is 145 cm³/mol. The van der Waals surface area contributed by atoms with Gasteiger partial charge in [0.05, 0.1) is 42.7 Å². The first-order chi connectivity index (χ1) is 18.0. The van der Waals surface area contributed by atoms with Crippen LogP contribution in [0.2, 0.25) is 0 Å². The van der Waals surface area contributed by atoms with Gasteiger partial charge in [0.15, 0.2) is 28.8 Å². The van der Waals surface area contributed by atoms with Crippen molar-refractivity contribution in [1.29, 1.82) is 0 Å². The van der Waals surface area contributed by atoms with E-state index in [-0.39, 0.29) is 12.2 Å². The molecule has 8 nitrogen and oxygen atoms in total. The third-order valence-corrected chi connectivity index (χ3v) is 5.56. The van der Waals surface area contributed by atoms with E-state index in [4.69, 9.17) is 28.4 Å². The van der Waals surface area contributed by atoms with Crippen molar-refractivity contribution in [2.45, 2.75) is 6.42 Å². The molecule has 3 rings (SSSR count). The quantitative estimate of drug-likeness (QED) is 0.173. The molecular formula is C29H31NO7. The smallest absolute Gasteiger partial charge is 0.203 e. The Hall–Kier alpha value is -4.46. The van der Waals surface area contributed by atoms with Crippen LogP contribution in [-0.4, -0.2) is 54.7 Å². The number of carbonyl (C=O) groups is 1. The van der Waals surface area contributed by atoms with Crippen molar-refractivity contribution in [3.8, 4) is 34.5 Å². The number of methoxy groups -OCH3 is 6. The molecule has 8 heteroatoms. The maximum Gasteiger partial charge on any atom is 0.203 e. The minimum Gasteiger partial charge on any atom is -0.497 e. The summed E-state index contributed by atoms with van der Waals surface area (Å²) in [5.74, 6) is 3.26. The summed E-state index contributed by atoms with van der Waals surface area (Å²) in [7, 11) is 9.40. The fraction of sp³-hybridized carbons (Fsp3) is 0.241. The summed E-state index contributed by atoms with van der Waals surface area (Å²) in [4.78, 5) is 17.1. The first-order valence-electron chi connectivity index (χ1n) is 11.4. The van der Waals surface area contributed by atoms with Crippen LogP contribution in [0.1, 0.15) is 27.9 Å².